The third-order valence-corrected chi connectivity index (χ3v) is 5.44. The lowest BCUT2D eigenvalue weighted by atomic mass is 9.96. The molecular formula is C19H29N3O2. The number of amides is 1. The molecule has 1 unspecified atom stereocenters. The van der Waals surface area contributed by atoms with E-state index in [0.29, 0.717) is 11.9 Å². The molecule has 1 aromatic carbocycles. The Bertz CT molecular complexity index is 549. The van der Waals surface area contributed by atoms with E-state index in [2.05, 4.69) is 34.2 Å². The average Bonchev–Trinajstić information content (AvgIpc) is 2.67. The number of carbonyl (C=O) groups excluding carboxylic acids is 1. The number of methoxy groups -OCH3 is 1. The second-order valence-electron chi connectivity index (χ2n) is 6.84. The van der Waals surface area contributed by atoms with E-state index in [9.17, 15) is 4.79 Å². The summed E-state index contributed by atoms with van der Waals surface area (Å²) in [5, 5.41) is 3.33. The zero-order chi connectivity index (χ0) is 16.9. The van der Waals surface area contributed by atoms with Crippen LogP contribution in [0.4, 0.5) is 0 Å². The van der Waals surface area contributed by atoms with Crippen molar-refractivity contribution in [3.05, 3.63) is 29.8 Å². The van der Waals surface area contributed by atoms with Crippen molar-refractivity contribution in [1.82, 2.24) is 15.1 Å². The Balaban J connectivity index is 1.55. The summed E-state index contributed by atoms with van der Waals surface area (Å²) in [6, 6.07) is 8.63. The summed E-state index contributed by atoms with van der Waals surface area (Å²) in [6.45, 7) is 7.75. The normalized spacial score (nSPS) is 21.5. The Labute approximate surface area is 145 Å². The molecule has 0 aliphatic carbocycles. The molecule has 0 saturated carbocycles. The average molecular weight is 331 g/mol. The molecule has 1 atom stereocenters. The predicted octanol–water partition coefficient (Wildman–Crippen LogP) is 1.90. The van der Waals surface area contributed by atoms with Crippen molar-refractivity contribution in [2.75, 3.05) is 46.4 Å². The number of hydrogen-bond acceptors (Lipinski definition) is 4. The van der Waals surface area contributed by atoms with Gasteiger partial charge in [-0.2, -0.15) is 0 Å². The van der Waals surface area contributed by atoms with Crippen LogP contribution in [0.25, 0.3) is 0 Å². The van der Waals surface area contributed by atoms with Gasteiger partial charge in [0.1, 0.15) is 5.75 Å². The molecule has 0 spiro atoms. The van der Waals surface area contributed by atoms with Crippen LogP contribution in [0.5, 0.6) is 5.75 Å². The number of nitrogens with zero attached hydrogens (tertiary/aromatic N) is 2. The van der Waals surface area contributed by atoms with Gasteiger partial charge in [-0.3, -0.25) is 9.69 Å². The number of nitrogens with one attached hydrogen (secondary N) is 1. The maximum absolute atomic E-state index is 12.6. The highest BCUT2D eigenvalue weighted by atomic mass is 16.5. The fourth-order valence-electron chi connectivity index (χ4n) is 3.77. The Kier molecular flexibility index (Phi) is 5.74. The molecule has 0 radical (unpaired) electrons. The molecule has 0 bridgehead atoms. The second-order valence-corrected chi connectivity index (χ2v) is 6.84. The van der Waals surface area contributed by atoms with E-state index in [1.165, 1.54) is 5.56 Å². The smallest absolute Gasteiger partial charge is 0.225 e. The van der Waals surface area contributed by atoms with Gasteiger partial charge in [-0.25, -0.2) is 0 Å². The summed E-state index contributed by atoms with van der Waals surface area (Å²) in [6.07, 6.45) is 1.97. The van der Waals surface area contributed by atoms with E-state index in [1.807, 2.05) is 12.1 Å². The molecule has 0 aromatic heterocycles. The molecule has 2 aliphatic heterocycles. The summed E-state index contributed by atoms with van der Waals surface area (Å²) in [5.74, 6) is 1.50. The zero-order valence-corrected chi connectivity index (χ0v) is 14.8. The minimum absolute atomic E-state index is 0.230. The van der Waals surface area contributed by atoms with Crippen molar-refractivity contribution in [3.8, 4) is 5.75 Å². The minimum Gasteiger partial charge on any atom is -0.497 e. The van der Waals surface area contributed by atoms with Crippen LogP contribution >= 0.6 is 0 Å². The highest BCUT2D eigenvalue weighted by Crippen LogP contribution is 2.25. The topological polar surface area (TPSA) is 44.8 Å². The third kappa shape index (κ3) is 3.90. The second kappa shape index (κ2) is 7.99. The van der Waals surface area contributed by atoms with Crippen LogP contribution in [0.15, 0.2) is 24.3 Å². The first kappa shape index (κ1) is 17.2. The van der Waals surface area contributed by atoms with Crippen LogP contribution in [-0.4, -0.2) is 62.1 Å². The fraction of sp³-hybridized carbons (Fsp3) is 0.632. The molecule has 2 heterocycles. The van der Waals surface area contributed by atoms with E-state index in [1.54, 1.807) is 7.11 Å². The number of rotatable bonds is 4. The zero-order valence-electron chi connectivity index (χ0n) is 14.8. The molecule has 5 heteroatoms. The fourth-order valence-corrected chi connectivity index (χ4v) is 3.77. The summed E-state index contributed by atoms with van der Waals surface area (Å²) in [4.78, 5) is 17.2. The van der Waals surface area contributed by atoms with Crippen molar-refractivity contribution < 1.29 is 9.53 Å². The van der Waals surface area contributed by atoms with E-state index in [0.717, 1.165) is 57.9 Å². The lowest BCUT2D eigenvalue weighted by molar-refractivity contribution is -0.138. The van der Waals surface area contributed by atoms with Gasteiger partial charge in [0.2, 0.25) is 5.91 Å². The molecule has 2 aliphatic rings. The Morgan fingerprint density at radius 1 is 1.21 bits per heavy atom. The molecule has 2 saturated heterocycles. The number of benzene rings is 1. The Morgan fingerprint density at radius 3 is 2.58 bits per heavy atom. The highest BCUT2D eigenvalue weighted by Gasteiger charge is 2.29. The number of piperazine rings is 1. The quantitative estimate of drug-likeness (QED) is 0.915. The van der Waals surface area contributed by atoms with Gasteiger partial charge in [0.15, 0.2) is 0 Å². The van der Waals surface area contributed by atoms with Gasteiger partial charge >= 0.3 is 0 Å². The molecule has 24 heavy (non-hydrogen) atoms. The van der Waals surface area contributed by atoms with Crippen LogP contribution in [0, 0.1) is 5.92 Å². The van der Waals surface area contributed by atoms with E-state index >= 15 is 0 Å². The van der Waals surface area contributed by atoms with Crippen molar-refractivity contribution in [2.45, 2.75) is 25.8 Å². The molecule has 1 amide bonds. The molecule has 5 nitrogen and oxygen atoms in total. The van der Waals surface area contributed by atoms with Crippen molar-refractivity contribution >= 4 is 5.91 Å². The Morgan fingerprint density at radius 2 is 1.92 bits per heavy atom. The van der Waals surface area contributed by atoms with Crippen LogP contribution in [0.2, 0.25) is 0 Å². The number of carbonyl (C=O) groups is 1. The number of piperidine rings is 1. The molecule has 1 aromatic rings. The van der Waals surface area contributed by atoms with Gasteiger partial charge in [-0.1, -0.05) is 12.1 Å². The van der Waals surface area contributed by atoms with E-state index < -0.39 is 0 Å². The maximum Gasteiger partial charge on any atom is 0.225 e. The Hall–Kier alpha value is -1.59. The predicted molar refractivity (Wildman–Crippen MR) is 95.2 cm³/mol. The molecule has 1 N–H and O–H groups in total. The van der Waals surface area contributed by atoms with Gasteiger partial charge in [0, 0.05) is 38.1 Å². The SMILES string of the molecule is COc1cccc(C(C)N2CCN(C(=O)C3CCNCC3)CC2)c1. The first-order chi connectivity index (χ1) is 11.7. The monoisotopic (exact) mass is 331 g/mol. The lowest BCUT2D eigenvalue weighted by Crippen LogP contribution is -2.51. The van der Waals surface area contributed by atoms with E-state index in [4.69, 9.17) is 4.74 Å². The summed E-state index contributed by atoms with van der Waals surface area (Å²) in [5.41, 5.74) is 1.27. The number of ether oxygens (including phenoxy) is 1. The van der Waals surface area contributed by atoms with Crippen LogP contribution in [0.1, 0.15) is 31.4 Å². The van der Waals surface area contributed by atoms with Gasteiger partial charge < -0.3 is 15.0 Å². The van der Waals surface area contributed by atoms with Gasteiger partial charge in [0.25, 0.3) is 0 Å². The first-order valence-electron chi connectivity index (χ1n) is 9.06. The summed E-state index contributed by atoms with van der Waals surface area (Å²) < 4.78 is 5.33. The standard InChI is InChI=1S/C19H29N3O2/c1-15(17-4-3-5-18(14-17)24-2)21-10-12-22(13-11-21)19(23)16-6-8-20-9-7-16/h3-5,14-16,20H,6-13H2,1-2H3. The highest BCUT2D eigenvalue weighted by molar-refractivity contribution is 5.79. The summed E-state index contributed by atoms with van der Waals surface area (Å²) in [7, 11) is 1.70. The van der Waals surface area contributed by atoms with Crippen molar-refractivity contribution in [1.29, 1.82) is 0 Å². The summed E-state index contributed by atoms with van der Waals surface area (Å²) >= 11 is 0. The maximum atomic E-state index is 12.6. The van der Waals surface area contributed by atoms with Crippen molar-refractivity contribution in [3.63, 3.8) is 0 Å². The van der Waals surface area contributed by atoms with Crippen molar-refractivity contribution in [2.24, 2.45) is 5.92 Å². The van der Waals surface area contributed by atoms with Gasteiger partial charge in [-0.15, -0.1) is 0 Å². The van der Waals surface area contributed by atoms with Crippen LogP contribution in [0.3, 0.4) is 0 Å². The van der Waals surface area contributed by atoms with Gasteiger partial charge in [0.05, 0.1) is 7.11 Å². The minimum atomic E-state index is 0.230. The largest absolute Gasteiger partial charge is 0.497 e. The number of hydrogen-bond donors (Lipinski definition) is 1. The first-order valence-corrected chi connectivity index (χ1v) is 9.06. The lowest BCUT2D eigenvalue weighted by Gasteiger charge is -2.40. The molecule has 3 rings (SSSR count). The van der Waals surface area contributed by atoms with Crippen LogP contribution in [-0.2, 0) is 4.79 Å². The molecule has 132 valence electrons. The van der Waals surface area contributed by atoms with Gasteiger partial charge in [-0.05, 0) is 50.6 Å². The third-order valence-electron chi connectivity index (χ3n) is 5.44. The van der Waals surface area contributed by atoms with Crippen LogP contribution < -0.4 is 10.1 Å². The van der Waals surface area contributed by atoms with E-state index in [-0.39, 0.29) is 5.92 Å². The molecule has 2 fully saturated rings. The molecular weight excluding hydrogens is 302 g/mol.